The number of likely N-dealkylation sites (N-methyl/N-ethyl adjacent to an activating group) is 1. The number of piperazine rings is 1. The van der Waals surface area contributed by atoms with Crippen LogP contribution in [0.4, 0.5) is 0 Å². The molecule has 2 amide bonds. The Morgan fingerprint density at radius 1 is 0.949 bits per heavy atom. The standard InChI is InChI=1S/C31H56N4O4/c1-22(2)14-27-30(37)35(13-12-32(27)7)28(15-23(3)4)29(36)34-10-8-31(9-11-34)38-20-26(21-39-31)19-33-17-24(5)16-25(6)18-33/h22-28H,8-21H2,1-7H3/t24?,25?,27-,28?/m0/s1. The highest BCUT2D eigenvalue weighted by atomic mass is 16.7. The van der Waals surface area contributed by atoms with Gasteiger partial charge in [-0.2, -0.15) is 0 Å². The first-order valence-electron chi connectivity index (χ1n) is 15.8. The topological polar surface area (TPSA) is 65.6 Å². The molecule has 0 aromatic rings. The van der Waals surface area contributed by atoms with Gasteiger partial charge in [0.15, 0.2) is 5.79 Å². The predicted molar refractivity (Wildman–Crippen MR) is 154 cm³/mol. The molecule has 0 saturated carbocycles. The van der Waals surface area contributed by atoms with Gasteiger partial charge in [0.05, 0.1) is 19.3 Å². The van der Waals surface area contributed by atoms with Crippen molar-refractivity contribution in [2.24, 2.45) is 29.6 Å². The van der Waals surface area contributed by atoms with E-state index in [1.807, 2.05) is 16.8 Å². The molecule has 0 N–H and O–H groups in total. The molecule has 0 aromatic heterocycles. The summed E-state index contributed by atoms with van der Waals surface area (Å²) in [6.45, 7) is 20.8. The molecule has 8 heteroatoms. The highest BCUT2D eigenvalue weighted by Gasteiger charge is 2.45. The van der Waals surface area contributed by atoms with E-state index in [-0.39, 0.29) is 23.9 Å². The summed E-state index contributed by atoms with van der Waals surface area (Å²) in [7, 11) is 2.04. The molecule has 4 rings (SSSR count). The largest absolute Gasteiger partial charge is 0.349 e. The Hall–Kier alpha value is -1.22. The predicted octanol–water partition coefficient (Wildman–Crippen LogP) is 3.55. The van der Waals surface area contributed by atoms with Crippen molar-refractivity contribution < 1.29 is 19.1 Å². The first-order valence-corrected chi connectivity index (χ1v) is 15.8. The van der Waals surface area contributed by atoms with Gasteiger partial charge < -0.3 is 24.2 Å². The Bertz CT molecular complexity index is 807. The van der Waals surface area contributed by atoms with Crippen LogP contribution < -0.4 is 0 Å². The molecule has 0 bridgehead atoms. The van der Waals surface area contributed by atoms with E-state index in [0.717, 1.165) is 44.6 Å². The van der Waals surface area contributed by atoms with Gasteiger partial charge in [0.25, 0.3) is 0 Å². The summed E-state index contributed by atoms with van der Waals surface area (Å²) < 4.78 is 12.8. The molecule has 0 radical (unpaired) electrons. The van der Waals surface area contributed by atoms with Crippen LogP contribution in [0.2, 0.25) is 0 Å². The molecule has 4 atom stereocenters. The molecule has 0 aromatic carbocycles. The van der Waals surface area contributed by atoms with Crippen LogP contribution in [0.15, 0.2) is 0 Å². The monoisotopic (exact) mass is 548 g/mol. The van der Waals surface area contributed by atoms with Gasteiger partial charge in [-0.05, 0) is 50.0 Å². The van der Waals surface area contributed by atoms with E-state index < -0.39 is 5.79 Å². The zero-order valence-corrected chi connectivity index (χ0v) is 25.9. The molecular weight excluding hydrogens is 492 g/mol. The fourth-order valence-corrected chi connectivity index (χ4v) is 7.36. The third-order valence-corrected chi connectivity index (χ3v) is 9.31. The van der Waals surface area contributed by atoms with Crippen LogP contribution in [0.25, 0.3) is 0 Å². The lowest BCUT2D eigenvalue weighted by molar-refractivity contribution is -0.299. The minimum absolute atomic E-state index is 0.0989. The summed E-state index contributed by atoms with van der Waals surface area (Å²) >= 11 is 0. The molecule has 4 fully saturated rings. The molecule has 8 nitrogen and oxygen atoms in total. The molecule has 3 unspecified atom stereocenters. The SMILES string of the molecule is CC(C)CC(C(=O)N1CCC2(CC1)OCC(CN1CC(C)CC(C)C1)CO2)N1CCN(C)[C@@H](CC(C)C)C1=O. The Morgan fingerprint density at radius 2 is 1.56 bits per heavy atom. The number of nitrogens with zero attached hydrogens (tertiary/aromatic N) is 4. The summed E-state index contributed by atoms with van der Waals surface area (Å²) in [5.41, 5.74) is 0. The number of amides is 2. The van der Waals surface area contributed by atoms with Crippen molar-refractivity contribution in [3.63, 3.8) is 0 Å². The maximum absolute atomic E-state index is 13.9. The van der Waals surface area contributed by atoms with Crippen LogP contribution in [0, 0.1) is 29.6 Å². The van der Waals surface area contributed by atoms with E-state index in [1.54, 1.807) is 0 Å². The van der Waals surface area contributed by atoms with Crippen molar-refractivity contribution >= 4 is 11.8 Å². The van der Waals surface area contributed by atoms with E-state index in [9.17, 15) is 9.59 Å². The van der Waals surface area contributed by atoms with Gasteiger partial charge >= 0.3 is 0 Å². The summed E-state index contributed by atoms with van der Waals surface area (Å²) in [6, 6.07) is -0.527. The number of piperidine rings is 2. The quantitative estimate of drug-likeness (QED) is 0.462. The maximum atomic E-state index is 13.9. The number of carbonyl (C=O) groups is 2. The first kappa shape index (κ1) is 30.7. The van der Waals surface area contributed by atoms with Gasteiger partial charge in [-0.25, -0.2) is 0 Å². The average molecular weight is 549 g/mol. The highest BCUT2D eigenvalue weighted by Crippen LogP contribution is 2.34. The van der Waals surface area contributed by atoms with Gasteiger partial charge in [-0.1, -0.05) is 41.5 Å². The normalized spacial score (nSPS) is 30.5. The number of carbonyl (C=O) groups excluding carboxylic acids is 2. The fourth-order valence-electron chi connectivity index (χ4n) is 7.36. The minimum Gasteiger partial charge on any atom is -0.349 e. The lowest BCUT2D eigenvalue weighted by Crippen LogP contribution is -2.63. The van der Waals surface area contributed by atoms with Crippen LogP contribution >= 0.6 is 0 Å². The molecule has 224 valence electrons. The van der Waals surface area contributed by atoms with Gasteiger partial charge in [0.1, 0.15) is 6.04 Å². The third-order valence-electron chi connectivity index (χ3n) is 9.31. The van der Waals surface area contributed by atoms with Crippen LogP contribution in [0.3, 0.4) is 0 Å². The van der Waals surface area contributed by atoms with Crippen molar-refractivity contribution in [2.75, 3.05) is 66.1 Å². The molecule has 0 aliphatic carbocycles. The fraction of sp³-hybridized carbons (Fsp3) is 0.935. The van der Waals surface area contributed by atoms with E-state index in [4.69, 9.17) is 9.47 Å². The van der Waals surface area contributed by atoms with E-state index in [2.05, 4.69) is 51.3 Å². The van der Waals surface area contributed by atoms with Gasteiger partial charge in [-0.15, -0.1) is 0 Å². The van der Waals surface area contributed by atoms with Crippen molar-refractivity contribution in [3.8, 4) is 0 Å². The number of rotatable bonds is 8. The number of hydrogen-bond donors (Lipinski definition) is 0. The second-order valence-corrected chi connectivity index (χ2v) is 14.2. The van der Waals surface area contributed by atoms with E-state index in [0.29, 0.717) is 56.7 Å². The summed E-state index contributed by atoms with van der Waals surface area (Å²) in [5.74, 6) is 2.34. The second kappa shape index (κ2) is 13.2. The summed E-state index contributed by atoms with van der Waals surface area (Å²) in [4.78, 5) is 36.2. The maximum Gasteiger partial charge on any atom is 0.245 e. The number of hydrogen-bond acceptors (Lipinski definition) is 6. The molecule has 4 heterocycles. The molecular formula is C31H56N4O4. The highest BCUT2D eigenvalue weighted by molar-refractivity contribution is 5.90. The summed E-state index contributed by atoms with van der Waals surface area (Å²) in [5, 5.41) is 0. The average Bonchev–Trinajstić information content (AvgIpc) is 2.86. The summed E-state index contributed by atoms with van der Waals surface area (Å²) in [6.07, 6.45) is 4.25. The number of likely N-dealkylation sites (tertiary alicyclic amines) is 2. The lowest BCUT2D eigenvalue weighted by Gasteiger charge is -2.48. The Morgan fingerprint density at radius 3 is 2.13 bits per heavy atom. The Kier molecular flexibility index (Phi) is 10.4. The van der Waals surface area contributed by atoms with Crippen LogP contribution in [0.1, 0.15) is 73.6 Å². The van der Waals surface area contributed by atoms with Crippen molar-refractivity contribution in [2.45, 2.75) is 91.5 Å². The van der Waals surface area contributed by atoms with Gasteiger partial charge in [-0.3, -0.25) is 14.5 Å². The molecule has 39 heavy (non-hydrogen) atoms. The van der Waals surface area contributed by atoms with Crippen molar-refractivity contribution in [3.05, 3.63) is 0 Å². The lowest BCUT2D eigenvalue weighted by atomic mass is 9.91. The van der Waals surface area contributed by atoms with Crippen LogP contribution in [-0.4, -0.2) is 115 Å². The zero-order valence-electron chi connectivity index (χ0n) is 25.9. The number of ether oxygens (including phenoxy) is 2. The van der Waals surface area contributed by atoms with E-state index in [1.165, 1.54) is 19.5 Å². The van der Waals surface area contributed by atoms with E-state index >= 15 is 0 Å². The third kappa shape index (κ3) is 7.75. The van der Waals surface area contributed by atoms with Crippen LogP contribution in [-0.2, 0) is 19.1 Å². The smallest absolute Gasteiger partial charge is 0.245 e. The molecule has 4 aliphatic heterocycles. The molecule has 1 spiro atoms. The Balaban J connectivity index is 1.32. The zero-order chi connectivity index (χ0) is 28.3. The Labute approximate surface area is 237 Å². The van der Waals surface area contributed by atoms with Crippen molar-refractivity contribution in [1.29, 1.82) is 0 Å². The van der Waals surface area contributed by atoms with Crippen molar-refractivity contribution in [1.82, 2.24) is 19.6 Å². The van der Waals surface area contributed by atoms with Gasteiger partial charge in [0.2, 0.25) is 11.8 Å². The minimum atomic E-state index is -0.560. The van der Waals surface area contributed by atoms with Crippen LogP contribution in [0.5, 0.6) is 0 Å². The molecule has 4 saturated heterocycles. The van der Waals surface area contributed by atoms with Gasteiger partial charge in [0, 0.05) is 64.6 Å². The first-order chi connectivity index (χ1) is 18.5. The molecule has 4 aliphatic rings. The second-order valence-electron chi connectivity index (χ2n) is 14.2.